The van der Waals surface area contributed by atoms with Crippen LogP contribution in [-0.4, -0.2) is 41.6 Å². The number of rotatable bonds is 8. The minimum atomic E-state index is -0.732. The highest BCUT2D eigenvalue weighted by Gasteiger charge is 2.34. The van der Waals surface area contributed by atoms with Crippen LogP contribution >= 0.6 is 0 Å². The fourth-order valence-electron chi connectivity index (χ4n) is 3.30. The summed E-state index contributed by atoms with van der Waals surface area (Å²) in [4.78, 5) is 25.9. The van der Waals surface area contributed by atoms with Gasteiger partial charge in [0.2, 0.25) is 0 Å². The summed E-state index contributed by atoms with van der Waals surface area (Å²) in [6.45, 7) is 0.439. The maximum absolute atomic E-state index is 12.4. The molecule has 0 radical (unpaired) electrons. The first kappa shape index (κ1) is 19.7. The van der Waals surface area contributed by atoms with Crippen LogP contribution in [0, 0.1) is 0 Å². The van der Waals surface area contributed by atoms with E-state index in [1.54, 1.807) is 48.5 Å². The van der Waals surface area contributed by atoms with Crippen LogP contribution in [0.3, 0.4) is 0 Å². The van der Waals surface area contributed by atoms with Crippen molar-refractivity contribution < 1.29 is 24.2 Å². The molecule has 1 aliphatic rings. The number of fused-ring (bicyclic) bond motifs is 1. The van der Waals surface area contributed by atoms with Gasteiger partial charge in [0, 0.05) is 6.07 Å². The summed E-state index contributed by atoms with van der Waals surface area (Å²) in [6.07, 6.45) is -0.732. The molecule has 1 aliphatic heterocycles. The van der Waals surface area contributed by atoms with E-state index in [1.807, 2.05) is 30.3 Å². The lowest BCUT2D eigenvalue weighted by atomic mass is 10.1. The highest BCUT2D eigenvalue weighted by atomic mass is 16.5. The smallest absolute Gasteiger partial charge is 0.261 e. The predicted molar refractivity (Wildman–Crippen MR) is 111 cm³/mol. The van der Waals surface area contributed by atoms with Crippen LogP contribution in [-0.2, 0) is 0 Å². The molecule has 0 aromatic heterocycles. The van der Waals surface area contributed by atoms with Gasteiger partial charge in [-0.25, -0.2) is 0 Å². The van der Waals surface area contributed by atoms with Gasteiger partial charge in [-0.1, -0.05) is 48.5 Å². The number of benzene rings is 3. The fourth-order valence-corrected chi connectivity index (χ4v) is 3.30. The molecular formula is C24H21NO5. The summed E-state index contributed by atoms with van der Waals surface area (Å²) in [5.41, 5.74) is 1.63. The Hall–Kier alpha value is -3.64. The molecule has 1 N–H and O–H groups in total. The summed E-state index contributed by atoms with van der Waals surface area (Å²) < 4.78 is 11.4. The zero-order valence-corrected chi connectivity index (χ0v) is 16.2. The fraction of sp³-hybridized carbons (Fsp3) is 0.167. The molecule has 2 amide bonds. The van der Waals surface area contributed by atoms with E-state index in [4.69, 9.17) is 9.47 Å². The molecule has 0 aliphatic carbocycles. The number of imide groups is 1. The topological polar surface area (TPSA) is 76.1 Å². The molecule has 0 saturated carbocycles. The van der Waals surface area contributed by atoms with E-state index in [0.717, 1.165) is 5.56 Å². The van der Waals surface area contributed by atoms with Gasteiger partial charge in [-0.05, 0) is 29.8 Å². The van der Waals surface area contributed by atoms with Gasteiger partial charge in [-0.2, -0.15) is 0 Å². The molecule has 152 valence electrons. The van der Waals surface area contributed by atoms with E-state index in [2.05, 4.69) is 0 Å². The molecule has 3 aromatic carbocycles. The summed E-state index contributed by atoms with van der Waals surface area (Å²) in [6, 6.07) is 23.1. The van der Waals surface area contributed by atoms with Crippen molar-refractivity contribution in [2.24, 2.45) is 0 Å². The quantitative estimate of drug-likeness (QED) is 0.583. The monoisotopic (exact) mass is 403 g/mol. The molecule has 30 heavy (non-hydrogen) atoms. The van der Waals surface area contributed by atoms with E-state index in [9.17, 15) is 14.7 Å². The van der Waals surface area contributed by atoms with Gasteiger partial charge in [0.15, 0.2) is 0 Å². The minimum Gasteiger partial charge on any atom is -0.492 e. The highest BCUT2D eigenvalue weighted by Crippen LogP contribution is 2.24. The Morgan fingerprint density at radius 3 is 2.03 bits per heavy atom. The van der Waals surface area contributed by atoms with Crippen LogP contribution < -0.4 is 9.47 Å². The molecule has 6 heteroatoms. The van der Waals surface area contributed by atoms with E-state index in [1.165, 1.54) is 4.90 Å². The third-order valence-electron chi connectivity index (χ3n) is 4.86. The second kappa shape index (κ2) is 8.80. The average Bonchev–Trinajstić information content (AvgIpc) is 3.03. The SMILES string of the molecule is O=C1c2ccccc2C(=O)N1CCOc1cccc(OCC(O)c2ccccc2)c1. The Morgan fingerprint density at radius 1 is 0.767 bits per heavy atom. The summed E-state index contributed by atoms with van der Waals surface area (Å²) >= 11 is 0. The van der Waals surface area contributed by atoms with Gasteiger partial charge < -0.3 is 14.6 Å². The first-order valence-electron chi connectivity index (χ1n) is 9.67. The van der Waals surface area contributed by atoms with Crippen molar-refractivity contribution in [3.05, 3.63) is 95.6 Å². The maximum Gasteiger partial charge on any atom is 0.261 e. The van der Waals surface area contributed by atoms with Crippen molar-refractivity contribution in [1.29, 1.82) is 0 Å². The zero-order valence-electron chi connectivity index (χ0n) is 16.2. The molecule has 0 spiro atoms. The Morgan fingerprint density at radius 2 is 1.37 bits per heavy atom. The van der Waals surface area contributed by atoms with Crippen LogP contribution in [0.5, 0.6) is 11.5 Å². The summed E-state index contributed by atoms with van der Waals surface area (Å²) in [5.74, 6) is 0.513. The largest absolute Gasteiger partial charge is 0.492 e. The number of hydrogen-bond acceptors (Lipinski definition) is 5. The second-order valence-corrected chi connectivity index (χ2v) is 6.87. The molecule has 0 fully saturated rings. The van der Waals surface area contributed by atoms with Crippen molar-refractivity contribution in [1.82, 2.24) is 4.90 Å². The van der Waals surface area contributed by atoms with Crippen molar-refractivity contribution in [3.63, 3.8) is 0 Å². The highest BCUT2D eigenvalue weighted by molar-refractivity contribution is 6.21. The summed E-state index contributed by atoms with van der Waals surface area (Å²) in [7, 11) is 0. The molecule has 4 rings (SSSR count). The zero-order chi connectivity index (χ0) is 20.9. The number of hydrogen-bond donors (Lipinski definition) is 1. The van der Waals surface area contributed by atoms with E-state index in [-0.39, 0.29) is 31.6 Å². The predicted octanol–water partition coefficient (Wildman–Crippen LogP) is 3.47. The van der Waals surface area contributed by atoms with E-state index < -0.39 is 6.10 Å². The Kier molecular flexibility index (Phi) is 5.77. The number of aliphatic hydroxyl groups excluding tert-OH is 1. The maximum atomic E-state index is 12.4. The minimum absolute atomic E-state index is 0.114. The number of carbonyl (C=O) groups is 2. The van der Waals surface area contributed by atoms with Crippen LogP contribution in [0.4, 0.5) is 0 Å². The van der Waals surface area contributed by atoms with Gasteiger partial charge in [0.1, 0.15) is 30.8 Å². The van der Waals surface area contributed by atoms with Crippen LogP contribution in [0.1, 0.15) is 32.4 Å². The Bertz CT molecular complexity index is 1020. The molecule has 0 bridgehead atoms. The standard InChI is InChI=1S/C24H21NO5/c26-22(17-7-2-1-3-8-17)16-30-19-10-6-9-18(15-19)29-14-13-25-23(27)20-11-4-5-12-21(20)24(25)28/h1-12,15,22,26H,13-14,16H2. The van der Waals surface area contributed by atoms with Crippen molar-refractivity contribution in [2.45, 2.75) is 6.10 Å². The Balaban J connectivity index is 1.30. The van der Waals surface area contributed by atoms with Gasteiger partial charge >= 0.3 is 0 Å². The lowest BCUT2D eigenvalue weighted by Crippen LogP contribution is -2.33. The third-order valence-corrected chi connectivity index (χ3v) is 4.86. The Labute approximate surface area is 174 Å². The number of carbonyl (C=O) groups excluding carboxylic acids is 2. The van der Waals surface area contributed by atoms with Crippen molar-refractivity contribution in [2.75, 3.05) is 19.8 Å². The van der Waals surface area contributed by atoms with Gasteiger partial charge in [-0.15, -0.1) is 0 Å². The lowest BCUT2D eigenvalue weighted by molar-refractivity contribution is 0.0631. The van der Waals surface area contributed by atoms with Crippen LogP contribution in [0.25, 0.3) is 0 Å². The number of amides is 2. The number of ether oxygens (including phenoxy) is 2. The van der Waals surface area contributed by atoms with E-state index in [0.29, 0.717) is 22.6 Å². The molecule has 0 saturated heterocycles. The van der Waals surface area contributed by atoms with Crippen LogP contribution in [0.15, 0.2) is 78.9 Å². The molecule has 1 heterocycles. The normalized spacial score (nSPS) is 13.8. The molecular weight excluding hydrogens is 382 g/mol. The molecule has 1 atom stereocenters. The summed E-state index contributed by atoms with van der Waals surface area (Å²) in [5, 5.41) is 10.2. The second-order valence-electron chi connectivity index (χ2n) is 6.87. The lowest BCUT2D eigenvalue weighted by Gasteiger charge is -2.15. The molecule has 3 aromatic rings. The molecule has 6 nitrogen and oxygen atoms in total. The van der Waals surface area contributed by atoms with Crippen LogP contribution in [0.2, 0.25) is 0 Å². The van der Waals surface area contributed by atoms with Crippen molar-refractivity contribution in [3.8, 4) is 11.5 Å². The van der Waals surface area contributed by atoms with Gasteiger partial charge in [0.05, 0.1) is 17.7 Å². The van der Waals surface area contributed by atoms with Gasteiger partial charge in [-0.3, -0.25) is 14.5 Å². The third kappa shape index (κ3) is 4.18. The first-order chi connectivity index (χ1) is 14.6. The van der Waals surface area contributed by atoms with E-state index >= 15 is 0 Å². The van der Waals surface area contributed by atoms with Gasteiger partial charge in [0.25, 0.3) is 11.8 Å². The van der Waals surface area contributed by atoms with Crippen molar-refractivity contribution >= 4 is 11.8 Å². The number of aliphatic hydroxyl groups is 1. The molecule has 1 unspecified atom stereocenters. The average molecular weight is 403 g/mol. The number of nitrogens with zero attached hydrogens (tertiary/aromatic N) is 1. The first-order valence-corrected chi connectivity index (χ1v) is 9.67.